The van der Waals surface area contributed by atoms with Crippen LogP contribution in [-0.4, -0.2) is 25.1 Å². The van der Waals surface area contributed by atoms with Crippen molar-refractivity contribution < 1.29 is 18.8 Å². The van der Waals surface area contributed by atoms with Crippen molar-refractivity contribution in [3.63, 3.8) is 0 Å². The van der Waals surface area contributed by atoms with Crippen molar-refractivity contribution in [1.82, 2.24) is 10.9 Å². The summed E-state index contributed by atoms with van der Waals surface area (Å²) in [7, 11) is 1.45. The molecule has 0 atom stereocenters. The molecule has 1 heterocycles. The average Bonchev–Trinajstić information content (AvgIpc) is 2.89. The van der Waals surface area contributed by atoms with Gasteiger partial charge in [-0.15, -0.1) is 0 Å². The monoisotopic (exact) mass is 315 g/mol. The molecular formula is C16H17N3O4. The molecule has 0 radical (unpaired) electrons. The molecule has 0 aliphatic carbocycles. The van der Waals surface area contributed by atoms with E-state index in [0.717, 1.165) is 5.56 Å². The minimum atomic E-state index is -0.434. The number of oxime groups is 1. The minimum Gasteiger partial charge on any atom is -0.466 e. The zero-order valence-corrected chi connectivity index (χ0v) is 13.0. The summed E-state index contributed by atoms with van der Waals surface area (Å²) in [6.45, 7) is 3.43. The Morgan fingerprint density at radius 3 is 2.35 bits per heavy atom. The molecule has 0 saturated heterocycles. The lowest BCUT2D eigenvalue weighted by Gasteiger charge is -2.07. The summed E-state index contributed by atoms with van der Waals surface area (Å²) in [4.78, 5) is 28.5. The number of nitrogens with zero attached hydrogens (tertiary/aromatic N) is 1. The van der Waals surface area contributed by atoms with Crippen LogP contribution in [0.3, 0.4) is 0 Å². The first-order chi connectivity index (χ1) is 11.0. The van der Waals surface area contributed by atoms with Crippen molar-refractivity contribution >= 4 is 18.0 Å². The molecule has 2 aromatic rings. The molecule has 0 bridgehead atoms. The summed E-state index contributed by atoms with van der Waals surface area (Å²) in [5.74, 6) is 0.270. The van der Waals surface area contributed by atoms with E-state index in [1.165, 1.54) is 13.3 Å². The molecule has 2 rings (SSSR count). The number of carbonyl (C=O) groups is 2. The maximum atomic E-state index is 12.0. The molecule has 0 spiro atoms. The smallest absolute Gasteiger partial charge is 0.273 e. The number of furan rings is 1. The van der Waals surface area contributed by atoms with E-state index < -0.39 is 11.8 Å². The van der Waals surface area contributed by atoms with Crippen molar-refractivity contribution in [2.24, 2.45) is 5.16 Å². The summed E-state index contributed by atoms with van der Waals surface area (Å²) >= 11 is 0. The topological polar surface area (TPSA) is 92.9 Å². The molecule has 0 fully saturated rings. The largest absolute Gasteiger partial charge is 0.466 e. The molecule has 1 aromatic carbocycles. The Balaban J connectivity index is 1.95. The van der Waals surface area contributed by atoms with Crippen LogP contribution in [0.5, 0.6) is 0 Å². The molecule has 0 saturated carbocycles. The SMILES string of the molecule is CO/N=C/c1ccc(C(=O)NNC(=O)c2cc(C)oc2C)cc1. The number of carbonyl (C=O) groups excluding carboxylic acids is 2. The lowest BCUT2D eigenvalue weighted by Crippen LogP contribution is -2.41. The van der Waals surface area contributed by atoms with Gasteiger partial charge in [-0.05, 0) is 37.6 Å². The van der Waals surface area contributed by atoms with Crippen molar-refractivity contribution in [2.75, 3.05) is 7.11 Å². The van der Waals surface area contributed by atoms with Gasteiger partial charge in [0, 0.05) is 5.56 Å². The second-order valence-corrected chi connectivity index (χ2v) is 4.77. The Morgan fingerprint density at radius 1 is 1.13 bits per heavy atom. The fourth-order valence-corrected chi connectivity index (χ4v) is 1.94. The van der Waals surface area contributed by atoms with Crippen molar-refractivity contribution in [1.29, 1.82) is 0 Å². The highest BCUT2D eigenvalue weighted by atomic mass is 16.6. The van der Waals surface area contributed by atoms with Gasteiger partial charge in [0.2, 0.25) is 0 Å². The minimum absolute atomic E-state index is 0.383. The normalized spacial score (nSPS) is 10.6. The predicted octanol–water partition coefficient (Wildman–Crippen LogP) is 1.95. The lowest BCUT2D eigenvalue weighted by atomic mass is 10.1. The highest BCUT2D eigenvalue weighted by molar-refractivity contribution is 5.99. The fourth-order valence-electron chi connectivity index (χ4n) is 1.94. The van der Waals surface area contributed by atoms with Gasteiger partial charge in [0.1, 0.15) is 18.6 Å². The lowest BCUT2D eigenvalue weighted by molar-refractivity contribution is 0.0845. The van der Waals surface area contributed by atoms with E-state index in [4.69, 9.17) is 4.42 Å². The van der Waals surface area contributed by atoms with E-state index in [2.05, 4.69) is 20.8 Å². The van der Waals surface area contributed by atoms with E-state index in [0.29, 0.717) is 22.6 Å². The Bertz CT molecular complexity index is 732. The van der Waals surface area contributed by atoms with E-state index in [1.807, 2.05) is 0 Å². The molecule has 7 nitrogen and oxygen atoms in total. The van der Waals surface area contributed by atoms with Gasteiger partial charge >= 0.3 is 0 Å². The number of hydrogen-bond donors (Lipinski definition) is 2. The third-order valence-corrected chi connectivity index (χ3v) is 3.06. The molecule has 0 aliphatic heterocycles. The Hall–Kier alpha value is -3.09. The average molecular weight is 315 g/mol. The summed E-state index contributed by atoms with van der Waals surface area (Å²) in [5, 5.41) is 3.63. The maximum absolute atomic E-state index is 12.0. The van der Waals surface area contributed by atoms with E-state index in [1.54, 1.807) is 44.2 Å². The molecule has 2 amide bonds. The van der Waals surface area contributed by atoms with Crippen LogP contribution >= 0.6 is 0 Å². The van der Waals surface area contributed by atoms with Crippen LogP contribution in [0.25, 0.3) is 0 Å². The van der Waals surface area contributed by atoms with Gasteiger partial charge in [-0.3, -0.25) is 20.4 Å². The molecule has 7 heteroatoms. The summed E-state index contributed by atoms with van der Waals surface area (Å²) in [5.41, 5.74) is 6.29. The van der Waals surface area contributed by atoms with Crippen LogP contribution < -0.4 is 10.9 Å². The van der Waals surface area contributed by atoms with Crippen LogP contribution in [-0.2, 0) is 4.84 Å². The molecule has 1 aromatic heterocycles. The quantitative estimate of drug-likeness (QED) is 0.666. The van der Waals surface area contributed by atoms with Gasteiger partial charge in [-0.25, -0.2) is 0 Å². The Kier molecular flexibility index (Phi) is 5.14. The predicted molar refractivity (Wildman–Crippen MR) is 84.2 cm³/mol. The molecule has 2 N–H and O–H groups in total. The van der Waals surface area contributed by atoms with Crippen molar-refractivity contribution in [3.05, 3.63) is 58.5 Å². The van der Waals surface area contributed by atoms with Gasteiger partial charge in [0.25, 0.3) is 11.8 Å². The fraction of sp³-hybridized carbons (Fsp3) is 0.188. The van der Waals surface area contributed by atoms with Crippen LogP contribution in [0.2, 0.25) is 0 Å². The Labute approximate surface area is 133 Å². The number of hydrogen-bond acceptors (Lipinski definition) is 5. The first-order valence-electron chi connectivity index (χ1n) is 6.85. The van der Waals surface area contributed by atoms with Gasteiger partial charge in [-0.2, -0.15) is 0 Å². The summed E-state index contributed by atoms with van der Waals surface area (Å²) < 4.78 is 5.28. The maximum Gasteiger partial charge on any atom is 0.273 e. The molecule has 0 aliphatic rings. The van der Waals surface area contributed by atoms with E-state index >= 15 is 0 Å². The van der Waals surface area contributed by atoms with Crippen LogP contribution in [0.15, 0.2) is 39.9 Å². The summed E-state index contributed by atoms with van der Waals surface area (Å²) in [6, 6.07) is 8.27. The second kappa shape index (κ2) is 7.26. The van der Waals surface area contributed by atoms with Crippen LogP contribution in [0.4, 0.5) is 0 Å². The zero-order chi connectivity index (χ0) is 16.8. The molecule has 23 heavy (non-hydrogen) atoms. The highest BCUT2D eigenvalue weighted by Gasteiger charge is 2.14. The van der Waals surface area contributed by atoms with Crippen molar-refractivity contribution in [3.8, 4) is 0 Å². The Morgan fingerprint density at radius 2 is 1.78 bits per heavy atom. The number of nitrogens with one attached hydrogen (secondary N) is 2. The van der Waals surface area contributed by atoms with Crippen molar-refractivity contribution in [2.45, 2.75) is 13.8 Å². The molecule has 120 valence electrons. The van der Waals surface area contributed by atoms with Gasteiger partial charge in [0.15, 0.2) is 0 Å². The molecule has 0 unspecified atom stereocenters. The first-order valence-corrected chi connectivity index (χ1v) is 6.85. The third kappa shape index (κ3) is 4.19. The van der Waals surface area contributed by atoms with Crippen LogP contribution in [0.1, 0.15) is 37.8 Å². The highest BCUT2D eigenvalue weighted by Crippen LogP contribution is 2.13. The first kappa shape index (κ1) is 16.3. The zero-order valence-electron chi connectivity index (χ0n) is 13.0. The second-order valence-electron chi connectivity index (χ2n) is 4.77. The number of hydrazine groups is 1. The third-order valence-electron chi connectivity index (χ3n) is 3.06. The van der Waals surface area contributed by atoms with E-state index in [9.17, 15) is 9.59 Å². The summed E-state index contributed by atoms with van der Waals surface area (Å²) in [6.07, 6.45) is 1.52. The van der Waals surface area contributed by atoms with Gasteiger partial charge < -0.3 is 9.25 Å². The van der Waals surface area contributed by atoms with Gasteiger partial charge in [-0.1, -0.05) is 17.3 Å². The van der Waals surface area contributed by atoms with E-state index in [-0.39, 0.29) is 0 Å². The number of amides is 2. The van der Waals surface area contributed by atoms with Crippen LogP contribution in [0, 0.1) is 13.8 Å². The number of aryl methyl sites for hydroxylation is 2. The van der Waals surface area contributed by atoms with Gasteiger partial charge in [0.05, 0.1) is 11.8 Å². The number of benzene rings is 1. The molecular weight excluding hydrogens is 298 g/mol. The number of rotatable bonds is 4. The standard InChI is InChI=1S/C16H17N3O4/c1-10-8-14(11(2)23-10)16(21)19-18-15(20)13-6-4-12(5-7-13)9-17-22-3/h4-9H,1-3H3,(H,18,20)(H,19,21)/b17-9+.